The van der Waals surface area contributed by atoms with Crippen LogP contribution in [0.3, 0.4) is 0 Å². The molecule has 28 heavy (non-hydrogen) atoms. The number of β-lactam (4-membered cyclic amide) rings is 1. The van der Waals surface area contributed by atoms with E-state index >= 15 is 0 Å². The van der Waals surface area contributed by atoms with Gasteiger partial charge in [0.15, 0.2) is 0 Å². The third kappa shape index (κ3) is 3.06. The van der Waals surface area contributed by atoms with E-state index in [0.29, 0.717) is 16.3 Å². The molecule has 0 aromatic carbocycles. The fraction of sp³-hybridized carbons (Fsp3) is 0.294. The minimum Gasteiger partial charge on any atom is -0.477 e. The lowest BCUT2D eigenvalue weighted by Crippen LogP contribution is -2.71. The van der Waals surface area contributed by atoms with Gasteiger partial charge in [-0.1, -0.05) is 11.8 Å². The molecule has 0 saturated carbocycles. The van der Waals surface area contributed by atoms with Crippen LogP contribution in [0, 0.1) is 0 Å². The number of carboxylic acids is 1. The van der Waals surface area contributed by atoms with Gasteiger partial charge in [-0.05, 0) is 23.8 Å². The highest BCUT2D eigenvalue weighted by atomic mass is 32.2. The van der Waals surface area contributed by atoms with Crippen LogP contribution in [0.15, 0.2) is 33.7 Å². The van der Waals surface area contributed by atoms with E-state index in [4.69, 9.17) is 0 Å². The van der Waals surface area contributed by atoms with Crippen molar-refractivity contribution in [2.24, 2.45) is 0 Å². The van der Waals surface area contributed by atoms with Gasteiger partial charge < -0.3 is 5.11 Å². The maximum Gasteiger partial charge on any atom is 0.353 e. The zero-order chi connectivity index (χ0) is 20.0. The quantitative estimate of drug-likeness (QED) is 0.550. The Morgan fingerprint density at radius 1 is 1.43 bits per heavy atom. The molecule has 11 heteroatoms. The van der Waals surface area contributed by atoms with Crippen molar-refractivity contribution < 1.29 is 19.5 Å². The molecule has 0 bridgehead atoms. The van der Waals surface area contributed by atoms with Gasteiger partial charge in [-0.3, -0.25) is 19.4 Å². The van der Waals surface area contributed by atoms with Crippen molar-refractivity contribution in [2.75, 3.05) is 16.9 Å². The van der Waals surface area contributed by atoms with E-state index in [2.05, 4.69) is 4.98 Å². The van der Waals surface area contributed by atoms with Crippen molar-refractivity contribution in [1.29, 1.82) is 0 Å². The molecule has 2 aromatic rings. The maximum atomic E-state index is 13.0. The normalized spacial score (nSPS) is 21.4. The summed E-state index contributed by atoms with van der Waals surface area (Å²) in [6.07, 6.45) is 3.57. The smallest absolute Gasteiger partial charge is 0.353 e. The number of thioether (sulfide) groups is 2. The fourth-order valence-electron chi connectivity index (χ4n) is 3.28. The lowest BCUT2D eigenvalue weighted by atomic mass is 10.0. The van der Waals surface area contributed by atoms with Crippen LogP contribution in [0.4, 0.5) is 5.00 Å². The van der Waals surface area contributed by atoms with Gasteiger partial charge >= 0.3 is 5.97 Å². The Hall–Kier alpha value is -1.82. The number of thiophene rings is 1. The van der Waals surface area contributed by atoms with Gasteiger partial charge in [-0.15, -0.1) is 34.4 Å². The van der Waals surface area contributed by atoms with E-state index < -0.39 is 17.4 Å². The number of anilines is 1. The van der Waals surface area contributed by atoms with Gasteiger partial charge in [-0.25, -0.2) is 9.78 Å². The molecular weight excluding hydrogens is 438 g/mol. The highest BCUT2D eigenvalue weighted by molar-refractivity contribution is 8.00. The van der Waals surface area contributed by atoms with Crippen LogP contribution in [-0.4, -0.2) is 56.2 Å². The summed E-state index contributed by atoms with van der Waals surface area (Å²) < 4.78 is 0.840. The molecule has 2 aliphatic heterocycles. The fourth-order valence-corrected chi connectivity index (χ4v) is 7.04. The molecule has 2 aliphatic rings. The second-order valence-electron chi connectivity index (χ2n) is 6.02. The molecule has 0 aliphatic carbocycles. The van der Waals surface area contributed by atoms with Crippen LogP contribution in [0.5, 0.6) is 0 Å². The Balaban J connectivity index is 1.71. The standard InChI is InChI=1S/C17H15N3O4S4/c1-8(21)19(11-4-3-5-26-11)13-14(22)20-12(16(23)24)9(7-27-15(13)20)10-6-18-17(25-2)28-10/h3-6,13,15H,7H2,1-2H3,(H,23,24). The van der Waals surface area contributed by atoms with E-state index in [1.165, 1.54) is 62.9 Å². The summed E-state index contributed by atoms with van der Waals surface area (Å²) >= 11 is 5.76. The number of carbonyl (C=O) groups excluding carboxylic acids is 2. The van der Waals surface area contributed by atoms with E-state index in [-0.39, 0.29) is 17.5 Å². The number of hydrogen-bond acceptors (Lipinski definition) is 8. The number of aromatic nitrogens is 1. The average molecular weight is 454 g/mol. The summed E-state index contributed by atoms with van der Waals surface area (Å²) in [5.41, 5.74) is 0.597. The third-order valence-corrected chi connectivity index (χ3v) is 8.65. The van der Waals surface area contributed by atoms with Gasteiger partial charge in [0.05, 0.1) is 9.88 Å². The highest BCUT2D eigenvalue weighted by Crippen LogP contribution is 2.47. The Bertz CT molecular complexity index is 984. The average Bonchev–Trinajstić information content (AvgIpc) is 3.35. The van der Waals surface area contributed by atoms with E-state index in [0.717, 1.165) is 9.22 Å². The Kier molecular flexibility index (Phi) is 5.25. The van der Waals surface area contributed by atoms with E-state index in [1.54, 1.807) is 12.3 Å². The molecule has 1 N–H and O–H groups in total. The first-order chi connectivity index (χ1) is 13.4. The van der Waals surface area contributed by atoms with Gasteiger partial charge in [-0.2, -0.15) is 0 Å². The summed E-state index contributed by atoms with van der Waals surface area (Å²) in [6, 6.07) is 2.91. The predicted octanol–water partition coefficient (Wildman–Crippen LogP) is 3.06. The zero-order valence-electron chi connectivity index (χ0n) is 14.8. The van der Waals surface area contributed by atoms with Gasteiger partial charge in [0, 0.05) is 24.4 Å². The van der Waals surface area contributed by atoms with Crippen LogP contribution in [0.1, 0.15) is 11.8 Å². The molecule has 4 rings (SSSR count). The van der Waals surface area contributed by atoms with Crippen molar-refractivity contribution in [2.45, 2.75) is 22.7 Å². The minimum absolute atomic E-state index is 0.00372. The van der Waals surface area contributed by atoms with Gasteiger partial charge in [0.25, 0.3) is 5.91 Å². The number of rotatable bonds is 5. The number of nitrogens with zero attached hydrogens (tertiary/aromatic N) is 3. The van der Waals surface area contributed by atoms with Crippen LogP contribution in [0.2, 0.25) is 0 Å². The minimum atomic E-state index is -1.14. The molecule has 1 saturated heterocycles. The number of carbonyl (C=O) groups is 3. The monoisotopic (exact) mass is 453 g/mol. The summed E-state index contributed by atoms with van der Waals surface area (Å²) in [7, 11) is 0. The van der Waals surface area contributed by atoms with Gasteiger partial charge in [0.2, 0.25) is 5.91 Å². The van der Waals surface area contributed by atoms with Crippen molar-refractivity contribution in [1.82, 2.24) is 9.88 Å². The SMILES string of the molecule is CSc1ncc(C2=C(C(=O)O)N3C(=O)C(N(C(C)=O)c4cccs4)C3SC2)s1. The summed E-state index contributed by atoms with van der Waals surface area (Å²) in [6.45, 7) is 1.42. The summed E-state index contributed by atoms with van der Waals surface area (Å²) in [5.74, 6) is -1.31. The first-order valence-electron chi connectivity index (χ1n) is 8.18. The molecule has 2 unspecified atom stereocenters. The number of hydrogen-bond donors (Lipinski definition) is 1. The third-order valence-electron chi connectivity index (χ3n) is 4.46. The maximum absolute atomic E-state index is 13.0. The number of amides is 2. The lowest BCUT2D eigenvalue weighted by Gasteiger charge is -2.52. The zero-order valence-corrected chi connectivity index (χ0v) is 18.1. The van der Waals surface area contributed by atoms with Gasteiger partial charge in [0.1, 0.15) is 21.5 Å². The first kappa shape index (κ1) is 19.5. The largest absolute Gasteiger partial charge is 0.477 e. The molecule has 146 valence electrons. The van der Waals surface area contributed by atoms with Crippen LogP contribution in [0.25, 0.3) is 5.57 Å². The summed E-state index contributed by atoms with van der Waals surface area (Å²) in [5, 5.41) is 11.9. The lowest BCUT2D eigenvalue weighted by molar-refractivity contribution is -0.148. The molecule has 2 aromatic heterocycles. The Labute approximate surface area is 177 Å². The van der Waals surface area contributed by atoms with Crippen molar-refractivity contribution in [3.05, 3.63) is 34.3 Å². The highest BCUT2D eigenvalue weighted by Gasteiger charge is 2.57. The topological polar surface area (TPSA) is 90.8 Å². The molecule has 4 heterocycles. The van der Waals surface area contributed by atoms with Crippen LogP contribution >= 0.6 is 46.2 Å². The molecular formula is C17H15N3O4S4. The number of thiazole rings is 1. The number of carboxylic acid groups (broad SMARTS) is 1. The molecule has 2 amide bonds. The van der Waals surface area contributed by atoms with Crippen LogP contribution in [-0.2, 0) is 14.4 Å². The Morgan fingerprint density at radius 3 is 2.79 bits per heavy atom. The first-order valence-corrected chi connectivity index (χ1v) is 12.2. The number of fused-ring (bicyclic) bond motifs is 1. The second kappa shape index (κ2) is 7.54. The molecule has 0 radical (unpaired) electrons. The molecule has 1 fully saturated rings. The second-order valence-corrected chi connectivity index (χ2v) is 10.1. The van der Waals surface area contributed by atoms with Crippen molar-refractivity contribution in [3.8, 4) is 0 Å². The molecule has 2 atom stereocenters. The van der Waals surface area contributed by atoms with E-state index in [9.17, 15) is 19.5 Å². The molecule has 7 nitrogen and oxygen atoms in total. The Morgan fingerprint density at radius 2 is 2.21 bits per heavy atom. The van der Waals surface area contributed by atoms with Crippen molar-refractivity contribution in [3.63, 3.8) is 0 Å². The predicted molar refractivity (Wildman–Crippen MR) is 113 cm³/mol. The summed E-state index contributed by atoms with van der Waals surface area (Å²) in [4.78, 5) is 45.1. The van der Waals surface area contributed by atoms with E-state index in [1.807, 2.05) is 17.7 Å². The number of aliphatic carboxylic acids is 1. The van der Waals surface area contributed by atoms with Crippen molar-refractivity contribution >= 4 is 74.6 Å². The molecule has 0 spiro atoms. The van der Waals surface area contributed by atoms with Crippen LogP contribution < -0.4 is 4.90 Å².